The van der Waals surface area contributed by atoms with E-state index in [4.69, 9.17) is 19.8 Å². The van der Waals surface area contributed by atoms with E-state index in [2.05, 4.69) is 219 Å². The number of phenolic OH excluding ortho intramolecular Hbond substituents is 2. The van der Waals surface area contributed by atoms with Gasteiger partial charge in [0.2, 0.25) is 0 Å². The molecule has 77 heavy (non-hydrogen) atoms. The minimum Gasteiger partial charge on any atom is -0.507 e. The molecule has 0 bridgehead atoms. The number of aromatic hydroxyl groups is 2. The van der Waals surface area contributed by atoms with Gasteiger partial charge >= 0.3 is 0 Å². The van der Waals surface area contributed by atoms with Crippen LogP contribution in [-0.2, 0) is 34.0 Å². The summed E-state index contributed by atoms with van der Waals surface area (Å²) in [5, 5.41) is 24.8. The summed E-state index contributed by atoms with van der Waals surface area (Å²) < 4.78 is 0. The summed E-state index contributed by atoms with van der Waals surface area (Å²) in [6.07, 6.45) is 10.9. The van der Waals surface area contributed by atoms with Crippen LogP contribution in [0.25, 0.3) is 0 Å². The van der Waals surface area contributed by atoms with Crippen molar-refractivity contribution in [3.8, 4) is 11.5 Å². The van der Waals surface area contributed by atoms with E-state index in [9.17, 15) is 10.2 Å². The first-order valence-electron chi connectivity index (χ1n) is 26.8. The van der Waals surface area contributed by atoms with Crippen LogP contribution in [0.15, 0.2) is 243 Å². The van der Waals surface area contributed by atoms with Gasteiger partial charge in [0, 0.05) is 22.7 Å². The predicted molar refractivity (Wildman–Crippen MR) is 344 cm³/mol. The highest BCUT2D eigenvalue weighted by molar-refractivity contribution is 8.44. The number of rotatable bonds is 14. The summed E-state index contributed by atoms with van der Waals surface area (Å²) >= 11 is 4.73. The lowest BCUT2D eigenvalue weighted by molar-refractivity contribution is 0.450. The second kappa shape index (κ2) is 29.0. The van der Waals surface area contributed by atoms with Crippen molar-refractivity contribution in [1.29, 1.82) is 0 Å². The molecule has 2 N–H and O–H groups in total. The highest BCUT2D eigenvalue weighted by Gasteiger charge is 2.42. The molecule has 0 heterocycles. The van der Waals surface area contributed by atoms with Crippen LogP contribution in [0.3, 0.4) is 0 Å². The Morgan fingerprint density at radius 3 is 1.16 bits per heavy atom. The van der Waals surface area contributed by atoms with Gasteiger partial charge < -0.3 is 10.2 Å². The van der Waals surface area contributed by atoms with E-state index in [1.165, 1.54) is 11.1 Å². The molecule has 8 aromatic carbocycles. The van der Waals surface area contributed by atoms with Crippen LogP contribution < -0.4 is 5.30 Å². The molecule has 0 aromatic heterocycles. The average Bonchev–Trinajstić information content (AvgIpc) is 3.46. The molecule has 8 aromatic rings. The van der Waals surface area contributed by atoms with Crippen LogP contribution >= 0.6 is 27.2 Å². The summed E-state index contributed by atoms with van der Waals surface area (Å²) in [5.41, 5.74) is 10.5. The van der Waals surface area contributed by atoms with Gasteiger partial charge in [-0.15, -0.1) is 7.80 Å². The summed E-state index contributed by atoms with van der Waals surface area (Å²) in [7, 11) is 5.24. The molecular weight excluding hydrogens is 990 g/mol. The van der Waals surface area contributed by atoms with Crippen LogP contribution in [0, 0.1) is 0 Å². The standard InChI is InChI=1S/C31H32BOP.C31H33OPS.C7H10.C2H6/c1-30(2,3)26-20-23(22-34(32)27-18-12-7-13-19-27)29(33)28(21-26)31(4,24-14-8-5-9-15-24)25-16-10-6-11-17-25;1-30(2,3)27-20-23(22-33(4)34)29(32)28(21-27)31(24-14-8-5-9-15-24,25-16-10-6-11-17-25)26-18-12-7-13-19-26;1-3-5-7-6-4-2;1-2/h5-21,33H,22H2,1-4H3;5-21,32,34H,22H2,1-4H3;3-7H,1H2,2H3;1-2H3/b;;6-4-,7-5-;. The Balaban J connectivity index is 0.000000246. The second-order valence-electron chi connectivity index (χ2n) is 21.2. The maximum Gasteiger partial charge on any atom is 0.123 e. The van der Waals surface area contributed by atoms with Crippen LogP contribution in [0.5, 0.6) is 11.5 Å². The number of thiol groups is 1. The first kappa shape index (κ1) is 61.7. The molecular formula is C71H81BO2P2S. The van der Waals surface area contributed by atoms with E-state index in [-0.39, 0.29) is 10.8 Å². The van der Waals surface area contributed by atoms with E-state index in [0.29, 0.717) is 17.7 Å². The monoisotopic (exact) mass is 1070 g/mol. The number of benzene rings is 8. The van der Waals surface area contributed by atoms with Crippen molar-refractivity contribution in [1.82, 2.24) is 0 Å². The largest absolute Gasteiger partial charge is 0.507 e. The molecule has 8 rings (SSSR count). The molecule has 396 valence electrons. The summed E-state index contributed by atoms with van der Waals surface area (Å²) in [6.45, 7) is 27.2. The molecule has 2 unspecified atom stereocenters. The smallest absolute Gasteiger partial charge is 0.123 e. The van der Waals surface area contributed by atoms with Gasteiger partial charge in [0.25, 0.3) is 0 Å². The molecule has 0 fully saturated rings. The van der Waals surface area contributed by atoms with E-state index in [1.54, 1.807) is 6.08 Å². The molecule has 0 aliphatic heterocycles. The van der Waals surface area contributed by atoms with E-state index in [1.807, 2.05) is 93.6 Å². The summed E-state index contributed by atoms with van der Waals surface area (Å²) in [6, 6.07) is 71.6. The van der Waals surface area contributed by atoms with Crippen LogP contribution in [0.4, 0.5) is 0 Å². The Hall–Kier alpha value is -6.15. The Morgan fingerprint density at radius 2 is 0.805 bits per heavy atom. The Labute approximate surface area is 473 Å². The number of hydrogen-bond donors (Lipinski definition) is 3. The Bertz CT molecular complexity index is 2950. The van der Waals surface area contributed by atoms with Crippen LogP contribution in [0.2, 0.25) is 0 Å². The minimum atomic E-state index is -0.933. The third-order valence-electron chi connectivity index (χ3n) is 13.8. The zero-order valence-corrected chi connectivity index (χ0v) is 50.1. The zero-order chi connectivity index (χ0) is 56.2. The third-order valence-corrected chi connectivity index (χ3v) is 16.6. The lowest BCUT2D eigenvalue weighted by Gasteiger charge is -2.38. The second-order valence-corrected chi connectivity index (χ2v) is 26.6. The lowest BCUT2D eigenvalue weighted by atomic mass is 9.64. The van der Waals surface area contributed by atoms with Crippen molar-refractivity contribution in [2.24, 2.45) is 0 Å². The maximum atomic E-state index is 11.9. The van der Waals surface area contributed by atoms with Crippen LogP contribution in [-0.4, -0.2) is 24.4 Å². The van der Waals surface area contributed by atoms with Crippen molar-refractivity contribution in [3.05, 3.63) is 304 Å². The Morgan fingerprint density at radius 1 is 0.468 bits per heavy atom. The lowest BCUT2D eigenvalue weighted by Crippen LogP contribution is -2.32. The van der Waals surface area contributed by atoms with Gasteiger partial charge in [-0.25, -0.2) is 0 Å². The molecule has 0 spiro atoms. The summed E-state index contributed by atoms with van der Waals surface area (Å²) in [4.78, 5) is 0. The molecule has 2 atom stereocenters. The fourth-order valence-corrected chi connectivity index (χ4v) is 12.1. The van der Waals surface area contributed by atoms with Gasteiger partial charge in [0.05, 0.1) is 5.41 Å². The molecule has 0 aliphatic carbocycles. The molecule has 0 amide bonds. The summed E-state index contributed by atoms with van der Waals surface area (Å²) in [5.74, 6) is 0.713. The highest BCUT2D eigenvalue weighted by atomic mass is 32.7. The SMILES string of the molecule is C=C/C=C\C=C/C.CC.CP(S)Cc1cc(C(C)(C)C)cc(C(c2ccccc2)(c2ccccc2)c2ccccc2)c1O.[B]P(Cc1cc(C(C)(C)C)cc(C(C)(c2ccccc2)c2ccccc2)c1O)c1ccccc1. The fraction of sp³-hybridized carbons (Fsp3) is 0.239. The predicted octanol–water partition coefficient (Wildman–Crippen LogP) is 19.3. The van der Waals surface area contributed by atoms with Gasteiger partial charge in [-0.3, -0.25) is 0 Å². The van der Waals surface area contributed by atoms with Gasteiger partial charge in [0.15, 0.2) is 0 Å². The number of allylic oxidation sites excluding steroid dienone is 5. The van der Waals surface area contributed by atoms with Crippen molar-refractivity contribution in [2.45, 2.75) is 103 Å². The first-order valence-corrected chi connectivity index (χ1v) is 31.5. The van der Waals surface area contributed by atoms with E-state index in [0.717, 1.165) is 61.5 Å². The number of phenols is 2. The topological polar surface area (TPSA) is 40.5 Å². The van der Waals surface area contributed by atoms with Crippen molar-refractivity contribution in [3.63, 3.8) is 0 Å². The quantitative estimate of drug-likeness (QED) is 0.0334. The molecule has 0 aliphatic rings. The molecule has 6 heteroatoms. The molecule has 0 saturated heterocycles. The van der Waals surface area contributed by atoms with Crippen molar-refractivity contribution < 1.29 is 10.2 Å². The third kappa shape index (κ3) is 15.5. The van der Waals surface area contributed by atoms with E-state index < -0.39 is 25.8 Å². The molecule has 2 radical (unpaired) electrons. The minimum absolute atomic E-state index is 0.0693. The van der Waals surface area contributed by atoms with Crippen molar-refractivity contribution >= 4 is 40.0 Å². The highest BCUT2D eigenvalue weighted by Crippen LogP contribution is 2.53. The maximum absolute atomic E-state index is 11.9. The zero-order valence-electron chi connectivity index (χ0n) is 47.5. The molecule has 0 saturated carbocycles. The Kier molecular flexibility index (Phi) is 23.2. The first-order chi connectivity index (χ1) is 36.9. The van der Waals surface area contributed by atoms with Gasteiger partial charge in [-0.1, -0.05) is 293 Å². The molecule has 2 nitrogen and oxygen atoms in total. The number of hydrogen-bond acceptors (Lipinski definition) is 3. The van der Waals surface area contributed by atoms with Gasteiger partial charge in [0.1, 0.15) is 19.1 Å². The van der Waals surface area contributed by atoms with E-state index >= 15 is 0 Å². The van der Waals surface area contributed by atoms with Crippen LogP contribution in [0.1, 0.15) is 130 Å². The van der Waals surface area contributed by atoms with Gasteiger partial charge in [-0.2, -0.15) is 12.2 Å². The normalized spacial score (nSPS) is 12.5. The van der Waals surface area contributed by atoms with Crippen molar-refractivity contribution in [2.75, 3.05) is 6.66 Å². The fourth-order valence-electron chi connectivity index (χ4n) is 9.61. The van der Waals surface area contributed by atoms with Gasteiger partial charge in [-0.05, 0) is 106 Å². The average molecular weight is 1070 g/mol.